The minimum Gasteiger partial charge on any atom is -0.325 e. The number of halogens is 1. The van der Waals surface area contributed by atoms with E-state index in [0.29, 0.717) is 32.6 Å². The Morgan fingerprint density at radius 3 is 2.74 bits per heavy atom. The van der Waals surface area contributed by atoms with Crippen molar-refractivity contribution in [2.24, 2.45) is 0 Å². The molecule has 4 rings (SSSR count). The van der Waals surface area contributed by atoms with Crippen molar-refractivity contribution in [3.8, 4) is 10.4 Å². The molecule has 1 N–H and O–H groups in total. The predicted molar refractivity (Wildman–Crippen MR) is 130 cm³/mol. The molecule has 0 bridgehead atoms. The van der Waals surface area contributed by atoms with Gasteiger partial charge in [-0.1, -0.05) is 65.8 Å². The van der Waals surface area contributed by atoms with Crippen LogP contribution in [0.3, 0.4) is 0 Å². The van der Waals surface area contributed by atoms with Crippen LogP contribution in [-0.4, -0.2) is 21.2 Å². The minimum atomic E-state index is -0.206. The lowest BCUT2D eigenvalue weighted by molar-refractivity contribution is -0.113. The summed E-state index contributed by atoms with van der Waals surface area (Å²) in [6, 6.07) is 18.8. The fourth-order valence-corrected chi connectivity index (χ4v) is 5.08. The van der Waals surface area contributed by atoms with E-state index >= 15 is 0 Å². The van der Waals surface area contributed by atoms with Gasteiger partial charge >= 0.3 is 0 Å². The standard InChI is InChI=1S/C23H18ClN3O2S2/c1-2-11-27-22(29)21-18(13-19(31-21)15-7-4-3-5-8-15)26-23(27)30-14-20(28)25-17-10-6-9-16(24)12-17/h2-10,12-13H,1,11,14H2,(H,25,28). The summed E-state index contributed by atoms with van der Waals surface area (Å²) >= 11 is 8.60. The number of rotatable bonds is 7. The van der Waals surface area contributed by atoms with Gasteiger partial charge in [0.05, 0.1) is 11.3 Å². The van der Waals surface area contributed by atoms with Gasteiger partial charge in [0.25, 0.3) is 5.56 Å². The Kier molecular flexibility index (Phi) is 6.56. The summed E-state index contributed by atoms with van der Waals surface area (Å²) in [5.41, 5.74) is 2.16. The van der Waals surface area contributed by atoms with E-state index in [0.717, 1.165) is 10.4 Å². The van der Waals surface area contributed by atoms with Crippen LogP contribution < -0.4 is 10.9 Å². The van der Waals surface area contributed by atoms with Gasteiger partial charge in [-0.3, -0.25) is 14.2 Å². The number of aromatic nitrogens is 2. The fraction of sp³-hybridized carbons (Fsp3) is 0.0870. The second-order valence-electron chi connectivity index (χ2n) is 6.64. The van der Waals surface area contributed by atoms with Gasteiger partial charge in [-0.15, -0.1) is 17.9 Å². The second-order valence-corrected chi connectivity index (χ2v) is 9.07. The number of thiophene rings is 1. The SMILES string of the molecule is C=CCn1c(SCC(=O)Nc2cccc(Cl)c2)nc2cc(-c3ccccc3)sc2c1=O. The van der Waals surface area contributed by atoms with Gasteiger partial charge in [-0.2, -0.15) is 0 Å². The molecule has 8 heteroatoms. The smallest absolute Gasteiger partial charge is 0.272 e. The number of thioether (sulfide) groups is 1. The largest absolute Gasteiger partial charge is 0.325 e. The molecule has 2 aromatic heterocycles. The van der Waals surface area contributed by atoms with E-state index < -0.39 is 0 Å². The first-order valence-corrected chi connectivity index (χ1v) is 11.6. The molecule has 0 aliphatic heterocycles. The maximum atomic E-state index is 13.1. The number of anilines is 1. The van der Waals surface area contributed by atoms with Gasteiger partial charge in [-0.25, -0.2) is 4.98 Å². The molecule has 4 aromatic rings. The van der Waals surface area contributed by atoms with Gasteiger partial charge in [0.1, 0.15) is 4.70 Å². The summed E-state index contributed by atoms with van der Waals surface area (Å²) in [6.07, 6.45) is 1.65. The molecule has 0 aliphatic carbocycles. The van der Waals surface area contributed by atoms with E-state index in [1.165, 1.54) is 23.1 Å². The number of carbonyl (C=O) groups is 1. The molecule has 2 aromatic carbocycles. The molecule has 0 unspecified atom stereocenters. The summed E-state index contributed by atoms with van der Waals surface area (Å²) in [7, 11) is 0. The number of nitrogens with zero attached hydrogens (tertiary/aromatic N) is 2. The van der Waals surface area contributed by atoms with Crippen molar-refractivity contribution in [3.05, 3.63) is 88.7 Å². The van der Waals surface area contributed by atoms with E-state index in [1.807, 2.05) is 36.4 Å². The summed E-state index contributed by atoms with van der Waals surface area (Å²) in [6.45, 7) is 4.06. The number of fused-ring (bicyclic) bond motifs is 1. The number of hydrogen-bond acceptors (Lipinski definition) is 5. The minimum absolute atomic E-state index is 0.108. The van der Waals surface area contributed by atoms with Gasteiger partial charge in [0.15, 0.2) is 5.16 Å². The number of allylic oxidation sites excluding steroid dienone is 1. The Morgan fingerprint density at radius 2 is 2.00 bits per heavy atom. The van der Waals surface area contributed by atoms with Crippen LogP contribution in [0.5, 0.6) is 0 Å². The van der Waals surface area contributed by atoms with Gasteiger partial charge in [0, 0.05) is 22.1 Å². The second kappa shape index (κ2) is 9.51. The van der Waals surface area contributed by atoms with Crippen molar-refractivity contribution in [3.63, 3.8) is 0 Å². The molecular weight excluding hydrogens is 450 g/mol. The highest BCUT2D eigenvalue weighted by Crippen LogP contribution is 2.32. The third-order valence-corrected chi connectivity index (χ3v) is 6.78. The Labute approximate surface area is 192 Å². The summed E-state index contributed by atoms with van der Waals surface area (Å²) in [5, 5.41) is 3.83. The number of benzene rings is 2. The molecule has 0 radical (unpaired) electrons. The molecule has 31 heavy (non-hydrogen) atoms. The lowest BCUT2D eigenvalue weighted by atomic mass is 10.2. The first kappa shape index (κ1) is 21.4. The molecule has 156 valence electrons. The van der Waals surface area contributed by atoms with Crippen molar-refractivity contribution in [1.82, 2.24) is 9.55 Å². The van der Waals surface area contributed by atoms with Crippen molar-refractivity contribution in [2.45, 2.75) is 11.7 Å². The molecular formula is C23H18ClN3O2S2. The molecule has 0 aliphatic rings. The third kappa shape index (κ3) is 4.90. The Hall–Kier alpha value is -2.87. The average Bonchev–Trinajstić information content (AvgIpc) is 3.20. The van der Waals surface area contributed by atoms with Crippen LogP contribution in [0, 0.1) is 0 Å². The zero-order valence-electron chi connectivity index (χ0n) is 16.4. The normalized spacial score (nSPS) is 10.9. The van der Waals surface area contributed by atoms with Gasteiger partial charge in [0.2, 0.25) is 5.91 Å². The van der Waals surface area contributed by atoms with Crippen LogP contribution in [0.1, 0.15) is 0 Å². The van der Waals surface area contributed by atoms with Crippen molar-refractivity contribution < 1.29 is 4.79 Å². The highest BCUT2D eigenvalue weighted by molar-refractivity contribution is 7.99. The predicted octanol–water partition coefficient (Wildman–Crippen LogP) is 5.70. The number of carbonyl (C=O) groups excluding carboxylic acids is 1. The average molecular weight is 468 g/mol. The summed E-state index contributed by atoms with van der Waals surface area (Å²) in [4.78, 5) is 31.2. The first-order valence-electron chi connectivity index (χ1n) is 9.44. The molecule has 0 fully saturated rings. The van der Waals surface area contributed by atoms with Crippen LogP contribution in [-0.2, 0) is 11.3 Å². The lowest BCUT2D eigenvalue weighted by Gasteiger charge is -2.10. The summed E-state index contributed by atoms with van der Waals surface area (Å²) in [5.74, 6) is -0.0980. The Balaban J connectivity index is 1.61. The molecule has 0 saturated heterocycles. The maximum absolute atomic E-state index is 13.1. The van der Waals surface area contributed by atoms with E-state index in [9.17, 15) is 9.59 Å². The number of nitrogens with one attached hydrogen (secondary N) is 1. The van der Waals surface area contributed by atoms with Crippen LogP contribution in [0.15, 0.2) is 83.3 Å². The quantitative estimate of drug-likeness (QED) is 0.215. The highest BCUT2D eigenvalue weighted by Gasteiger charge is 2.16. The fourth-order valence-electron chi connectivity index (χ4n) is 3.03. The molecule has 1 amide bonds. The Morgan fingerprint density at radius 1 is 1.19 bits per heavy atom. The molecule has 0 atom stereocenters. The maximum Gasteiger partial charge on any atom is 0.272 e. The third-order valence-electron chi connectivity index (χ3n) is 4.41. The molecule has 5 nitrogen and oxygen atoms in total. The van der Waals surface area contributed by atoms with Gasteiger partial charge in [-0.05, 0) is 29.8 Å². The monoisotopic (exact) mass is 467 g/mol. The Bertz CT molecular complexity index is 1320. The van der Waals surface area contributed by atoms with Crippen molar-refractivity contribution in [2.75, 3.05) is 11.1 Å². The number of amides is 1. The first-order chi connectivity index (χ1) is 15.0. The van der Waals surface area contributed by atoms with Crippen LogP contribution in [0.2, 0.25) is 5.02 Å². The van der Waals surface area contributed by atoms with E-state index in [-0.39, 0.29) is 17.2 Å². The van der Waals surface area contributed by atoms with E-state index in [1.54, 1.807) is 34.9 Å². The zero-order chi connectivity index (χ0) is 21.8. The highest BCUT2D eigenvalue weighted by atomic mass is 35.5. The van der Waals surface area contributed by atoms with Gasteiger partial charge < -0.3 is 5.32 Å². The topological polar surface area (TPSA) is 64.0 Å². The molecule has 2 heterocycles. The van der Waals surface area contributed by atoms with Crippen LogP contribution >= 0.6 is 34.7 Å². The van der Waals surface area contributed by atoms with Crippen LogP contribution in [0.4, 0.5) is 5.69 Å². The summed E-state index contributed by atoms with van der Waals surface area (Å²) < 4.78 is 2.14. The zero-order valence-corrected chi connectivity index (χ0v) is 18.8. The van der Waals surface area contributed by atoms with Crippen LogP contribution in [0.25, 0.3) is 20.7 Å². The molecule has 0 spiro atoms. The lowest BCUT2D eigenvalue weighted by Crippen LogP contribution is -2.23. The van der Waals surface area contributed by atoms with E-state index in [4.69, 9.17) is 11.6 Å². The van der Waals surface area contributed by atoms with Crippen molar-refractivity contribution >= 4 is 56.5 Å². The number of hydrogen-bond donors (Lipinski definition) is 1. The molecule has 0 saturated carbocycles. The van der Waals surface area contributed by atoms with E-state index in [2.05, 4.69) is 16.9 Å². The van der Waals surface area contributed by atoms with Crippen molar-refractivity contribution in [1.29, 1.82) is 0 Å².